The summed E-state index contributed by atoms with van der Waals surface area (Å²) >= 11 is 1.21. The number of imidazole rings is 1. The first-order valence-electron chi connectivity index (χ1n) is 6.99. The second-order valence-electron chi connectivity index (χ2n) is 4.92. The van der Waals surface area contributed by atoms with E-state index >= 15 is 0 Å². The minimum absolute atomic E-state index is 0.0439. The van der Waals surface area contributed by atoms with Crippen molar-refractivity contribution in [3.05, 3.63) is 77.6 Å². The highest BCUT2D eigenvalue weighted by molar-refractivity contribution is 7.98. The number of hydrogen-bond donors (Lipinski definition) is 1. The van der Waals surface area contributed by atoms with Gasteiger partial charge < -0.3 is 5.11 Å². The fourth-order valence-electron chi connectivity index (χ4n) is 2.18. The number of hydrogen-bond acceptors (Lipinski definition) is 3. The minimum atomic E-state index is -1.15. The van der Waals surface area contributed by atoms with Crippen LogP contribution in [0.25, 0.3) is 5.69 Å². The average Bonchev–Trinajstić information content (AvgIpc) is 2.99. The molecule has 0 aliphatic heterocycles. The SMILES string of the molecule is O=C(O)c1cnc(SCc2ccccc2F)n1-c1ccc(F)cc1. The molecule has 1 aromatic heterocycles. The standard InChI is InChI=1S/C17H12F2N2O2S/c18-12-5-7-13(8-6-12)21-15(16(22)23)9-20-17(21)24-10-11-3-1-2-4-14(11)19/h1-9H,10H2,(H,22,23). The smallest absolute Gasteiger partial charge is 0.354 e. The topological polar surface area (TPSA) is 55.1 Å². The van der Waals surface area contributed by atoms with Crippen molar-refractivity contribution < 1.29 is 18.7 Å². The van der Waals surface area contributed by atoms with Crippen LogP contribution in [0.4, 0.5) is 8.78 Å². The monoisotopic (exact) mass is 346 g/mol. The highest BCUT2D eigenvalue weighted by Crippen LogP contribution is 2.27. The van der Waals surface area contributed by atoms with Crippen molar-refractivity contribution in [2.24, 2.45) is 0 Å². The number of thioether (sulfide) groups is 1. The maximum atomic E-state index is 13.7. The molecule has 0 radical (unpaired) electrons. The average molecular weight is 346 g/mol. The lowest BCUT2D eigenvalue weighted by molar-refractivity contribution is 0.0687. The van der Waals surface area contributed by atoms with E-state index in [4.69, 9.17) is 0 Å². The first-order chi connectivity index (χ1) is 11.6. The summed E-state index contributed by atoms with van der Waals surface area (Å²) in [6, 6.07) is 11.8. The van der Waals surface area contributed by atoms with Crippen molar-refractivity contribution in [1.29, 1.82) is 0 Å². The molecule has 0 bridgehead atoms. The molecule has 0 aliphatic carbocycles. The Balaban J connectivity index is 1.95. The Morgan fingerprint density at radius 3 is 2.50 bits per heavy atom. The summed E-state index contributed by atoms with van der Waals surface area (Å²) < 4.78 is 28.2. The number of nitrogens with zero attached hydrogens (tertiary/aromatic N) is 2. The Morgan fingerprint density at radius 1 is 1.12 bits per heavy atom. The van der Waals surface area contributed by atoms with Crippen LogP contribution < -0.4 is 0 Å². The fraction of sp³-hybridized carbons (Fsp3) is 0.0588. The molecule has 1 heterocycles. The predicted molar refractivity (Wildman–Crippen MR) is 86.4 cm³/mol. The van der Waals surface area contributed by atoms with Crippen LogP contribution in [0.1, 0.15) is 16.1 Å². The van der Waals surface area contributed by atoms with Crippen molar-refractivity contribution >= 4 is 17.7 Å². The van der Waals surface area contributed by atoms with E-state index in [1.807, 2.05) is 0 Å². The Hall–Kier alpha value is -2.67. The van der Waals surface area contributed by atoms with Gasteiger partial charge in [0.15, 0.2) is 10.9 Å². The predicted octanol–water partition coefficient (Wildman–Crippen LogP) is 4.14. The highest BCUT2D eigenvalue weighted by atomic mass is 32.2. The summed E-state index contributed by atoms with van der Waals surface area (Å²) in [6.07, 6.45) is 1.23. The van der Waals surface area contributed by atoms with Gasteiger partial charge in [0, 0.05) is 11.4 Å². The van der Waals surface area contributed by atoms with E-state index in [-0.39, 0.29) is 11.5 Å². The Bertz CT molecular complexity index is 879. The molecule has 0 spiro atoms. The van der Waals surface area contributed by atoms with Crippen molar-refractivity contribution in [3.8, 4) is 5.69 Å². The number of carboxylic acids is 1. The van der Waals surface area contributed by atoms with Crippen LogP contribution in [0.15, 0.2) is 59.9 Å². The molecule has 0 amide bonds. The van der Waals surface area contributed by atoms with Gasteiger partial charge in [0.25, 0.3) is 0 Å². The first kappa shape index (κ1) is 16.2. The van der Waals surface area contributed by atoms with Gasteiger partial charge in [-0.2, -0.15) is 0 Å². The Morgan fingerprint density at radius 2 is 1.83 bits per heavy atom. The van der Waals surface area contributed by atoms with E-state index in [9.17, 15) is 18.7 Å². The molecule has 0 saturated heterocycles. The van der Waals surface area contributed by atoms with E-state index in [2.05, 4.69) is 4.98 Å². The van der Waals surface area contributed by atoms with Gasteiger partial charge in [0.1, 0.15) is 11.6 Å². The zero-order valence-corrected chi connectivity index (χ0v) is 13.1. The Labute approximate surface area is 140 Å². The van der Waals surface area contributed by atoms with Crippen LogP contribution in [-0.4, -0.2) is 20.6 Å². The second kappa shape index (κ2) is 6.84. The number of carboxylic acid groups (broad SMARTS) is 1. The maximum absolute atomic E-state index is 13.7. The molecular formula is C17H12F2N2O2S. The maximum Gasteiger partial charge on any atom is 0.354 e. The van der Waals surface area contributed by atoms with Crippen LogP contribution in [-0.2, 0) is 5.75 Å². The number of benzene rings is 2. The van der Waals surface area contributed by atoms with Crippen LogP contribution in [0.3, 0.4) is 0 Å². The summed E-state index contributed by atoms with van der Waals surface area (Å²) in [5.41, 5.74) is 0.924. The van der Waals surface area contributed by atoms with E-state index in [1.165, 1.54) is 52.9 Å². The molecule has 0 fully saturated rings. The minimum Gasteiger partial charge on any atom is -0.477 e. The lowest BCUT2D eigenvalue weighted by Crippen LogP contribution is -2.07. The molecule has 3 aromatic rings. The molecule has 0 atom stereocenters. The van der Waals surface area contributed by atoms with E-state index < -0.39 is 11.8 Å². The molecule has 122 valence electrons. The second-order valence-corrected chi connectivity index (χ2v) is 5.87. The summed E-state index contributed by atoms with van der Waals surface area (Å²) in [6.45, 7) is 0. The molecular weight excluding hydrogens is 334 g/mol. The van der Waals surface area contributed by atoms with Crippen molar-refractivity contribution in [3.63, 3.8) is 0 Å². The molecule has 0 aliphatic rings. The quantitative estimate of drug-likeness (QED) is 0.706. The van der Waals surface area contributed by atoms with Gasteiger partial charge in [-0.05, 0) is 35.9 Å². The van der Waals surface area contributed by atoms with Gasteiger partial charge >= 0.3 is 5.97 Å². The summed E-state index contributed by atoms with van der Waals surface area (Å²) in [4.78, 5) is 15.5. The molecule has 4 nitrogen and oxygen atoms in total. The lowest BCUT2D eigenvalue weighted by Gasteiger charge is -2.10. The molecule has 0 unspecified atom stereocenters. The van der Waals surface area contributed by atoms with Gasteiger partial charge in [-0.3, -0.25) is 4.57 Å². The zero-order valence-electron chi connectivity index (χ0n) is 12.3. The highest BCUT2D eigenvalue weighted by Gasteiger charge is 2.18. The summed E-state index contributed by atoms with van der Waals surface area (Å²) in [5.74, 6) is -1.60. The van der Waals surface area contributed by atoms with Gasteiger partial charge in [-0.1, -0.05) is 30.0 Å². The molecule has 2 aromatic carbocycles. The summed E-state index contributed by atoms with van der Waals surface area (Å²) in [7, 11) is 0. The van der Waals surface area contributed by atoms with Gasteiger partial charge in [-0.25, -0.2) is 18.6 Å². The van der Waals surface area contributed by atoms with Gasteiger partial charge in [-0.15, -0.1) is 0 Å². The van der Waals surface area contributed by atoms with E-state index in [1.54, 1.807) is 18.2 Å². The van der Waals surface area contributed by atoms with Crippen LogP contribution in [0.2, 0.25) is 0 Å². The zero-order chi connectivity index (χ0) is 17.1. The number of carbonyl (C=O) groups is 1. The fourth-order valence-corrected chi connectivity index (χ4v) is 3.16. The molecule has 7 heteroatoms. The van der Waals surface area contributed by atoms with Crippen molar-refractivity contribution in [2.75, 3.05) is 0 Å². The molecule has 3 rings (SSSR count). The van der Waals surface area contributed by atoms with Gasteiger partial charge in [0.2, 0.25) is 0 Å². The third-order valence-electron chi connectivity index (χ3n) is 3.35. The third-order valence-corrected chi connectivity index (χ3v) is 4.35. The van der Waals surface area contributed by atoms with Crippen molar-refractivity contribution in [1.82, 2.24) is 9.55 Å². The number of halogens is 2. The van der Waals surface area contributed by atoms with E-state index in [0.717, 1.165) is 0 Å². The normalized spacial score (nSPS) is 10.8. The van der Waals surface area contributed by atoms with E-state index in [0.29, 0.717) is 22.2 Å². The number of aromatic carboxylic acids is 1. The lowest BCUT2D eigenvalue weighted by atomic mass is 10.2. The first-order valence-corrected chi connectivity index (χ1v) is 7.98. The summed E-state index contributed by atoms with van der Waals surface area (Å²) in [5, 5.41) is 9.71. The molecule has 0 saturated carbocycles. The molecule has 1 N–H and O–H groups in total. The van der Waals surface area contributed by atoms with Crippen LogP contribution in [0, 0.1) is 11.6 Å². The largest absolute Gasteiger partial charge is 0.477 e. The molecule has 24 heavy (non-hydrogen) atoms. The number of aromatic nitrogens is 2. The van der Waals surface area contributed by atoms with Gasteiger partial charge in [0.05, 0.1) is 6.20 Å². The van der Waals surface area contributed by atoms with Crippen molar-refractivity contribution in [2.45, 2.75) is 10.9 Å². The van der Waals surface area contributed by atoms with Crippen LogP contribution >= 0.6 is 11.8 Å². The van der Waals surface area contributed by atoms with Crippen LogP contribution in [0.5, 0.6) is 0 Å². The Kier molecular flexibility index (Phi) is 4.61. The number of rotatable bonds is 5. The third kappa shape index (κ3) is 3.30.